The van der Waals surface area contributed by atoms with Crippen LogP contribution >= 0.6 is 0 Å². The summed E-state index contributed by atoms with van der Waals surface area (Å²) < 4.78 is 13.8. The fourth-order valence-corrected chi connectivity index (χ4v) is 3.78. The number of halogens is 1. The molecule has 2 heterocycles. The quantitative estimate of drug-likeness (QED) is 0.904. The van der Waals surface area contributed by atoms with Gasteiger partial charge in [-0.05, 0) is 24.3 Å². The van der Waals surface area contributed by atoms with Crippen molar-refractivity contribution in [3.8, 4) is 0 Å². The summed E-state index contributed by atoms with van der Waals surface area (Å²) in [5.41, 5.74) is 2.60. The van der Waals surface area contributed by atoms with E-state index in [-0.39, 0.29) is 23.8 Å². The van der Waals surface area contributed by atoms with Gasteiger partial charge in [-0.3, -0.25) is 9.59 Å². The third-order valence-corrected chi connectivity index (χ3v) is 5.06. The number of rotatable bonds is 3. The number of Topliss-reactive ketones (excluding diaryl/α,β-unsaturated/α-hetero) is 1. The molecule has 27 heavy (non-hydrogen) atoms. The minimum Gasteiger partial charge on any atom is -0.329 e. The number of nitrogens with zero attached hydrogens (tertiary/aromatic N) is 2. The highest BCUT2D eigenvalue weighted by Crippen LogP contribution is 2.44. The Hall–Kier alpha value is -3.15. The van der Waals surface area contributed by atoms with Crippen LogP contribution in [0.5, 0.6) is 0 Å². The number of fused-ring (bicyclic) bond motifs is 3. The Morgan fingerprint density at radius 2 is 1.81 bits per heavy atom. The molecule has 2 aromatic rings. The van der Waals surface area contributed by atoms with Crippen LogP contribution in [-0.2, 0) is 9.59 Å². The second kappa shape index (κ2) is 6.54. The summed E-state index contributed by atoms with van der Waals surface area (Å²) >= 11 is 0. The predicted molar refractivity (Wildman–Crippen MR) is 103 cm³/mol. The van der Waals surface area contributed by atoms with E-state index in [9.17, 15) is 14.0 Å². The van der Waals surface area contributed by atoms with Gasteiger partial charge in [0.15, 0.2) is 5.78 Å². The molecule has 1 atom stereocenters. The van der Waals surface area contributed by atoms with E-state index in [2.05, 4.69) is 10.2 Å². The fraction of sp³-hybridized carbons (Fsp3) is 0.238. The number of benzene rings is 2. The van der Waals surface area contributed by atoms with Gasteiger partial charge in [-0.15, -0.1) is 0 Å². The zero-order valence-electron chi connectivity index (χ0n) is 15.2. The van der Waals surface area contributed by atoms with Crippen molar-refractivity contribution in [1.29, 1.82) is 0 Å². The summed E-state index contributed by atoms with van der Waals surface area (Å²) in [6.07, 6.45) is -0.0956. The van der Waals surface area contributed by atoms with E-state index in [4.69, 9.17) is 0 Å². The maximum Gasteiger partial charge on any atom is 0.229 e. The van der Waals surface area contributed by atoms with Crippen LogP contribution in [-0.4, -0.2) is 25.3 Å². The van der Waals surface area contributed by atoms with E-state index in [1.54, 1.807) is 12.1 Å². The van der Waals surface area contributed by atoms with Crippen LogP contribution in [0.15, 0.2) is 59.9 Å². The first-order valence-electron chi connectivity index (χ1n) is 8.89. The highest BCUT2D eigenvalue weighted by atomic mass is 19.1. The lowest BCUT2D eigenvalue weighted by Crippen LogP contribution is -2.41. The van der Waals surface area contributed by atoms with Crippen LogP contribution < -0.4 is 15.1 Å². The van der Waals surface area contributed by atoms with Gasteiger partial charge in [0.1, 0.15) is 11.6 Å². The SMILES string of the molecule is CC1CN2C(=C(CC(=O)Nc3ccccc3F)C1=O)N(C)c1ccccc12. The summed E-state index contributed by atoms with van der Waals surface area (Å²) in [6, 6.07) is 13.9. The molecule has 0 saturated carbocycles. The molecule has 4 rings (SSSR count). The minimum absolute atomic E-state index is 0.0374. The summed E-state index contributed by atoms with van der Waals surface area (Å²) in [4.78, 5) is 29.4. The molecule has 0 aliphatic carbocycles. The van der Waals surface area contributed by atoms with Gasteiger partial charge < -0.3 is 15.1 Å². The van der Waals surface area contributed by atoms with Crippen LogP contribution in [0.25, 0.3) is 0 Å². The van der Waals surface area contributed by atoms with Gasteiger partial charge in [0.25, 0.3) is 0 Å². The molecule has 1 N–H and O–H groups in total. The van der Waals surface area contributed by atoms with E-state index < -0.39 is 11.7 Å². The van der Waals surface area contributed by atoms with Crippen molar-refractivity contribution in [2.45, 2.75) is 13.3 Å². The largest absolute Gasteiger partial charge is 0.329 e. The van der Waals surface area contributed by atoms with Crippen molar-refractivity contribution in [3.63, 3.8) is 0 Å². The summed E-state index contributed by atoms with van der Waals surface area (Å²) in [5.74, 6) is -0.426. The molecular weight excluding hydrogens is 345 g/mol. The molecule has 5 nitrogen and oxygen atoms in total. The van der Waals surface area contributed by atoms with E-state index >= 15 is 0 Å². The second-order valence-electron chi connectivity index (χ2n) is 6.93. The molecule has 2 aliphatic rings. The van der Waals surface area contributed by atoms with Crippen LogP contribution in [0.1, 0.15) is 13.3 Å². The molecule has 0 aromatic heterocycles. The van der Waals surface area contributed by atoms with Crippen LogP contribution in [0.3, 0.4) is 0 Å². The predicted octanol–water partition coefficient (Wildman–Crippen LogP) is 3.54. The Balaban J connectivity index is 1.68. The van der Waals surface area contributed by atoms with Gasteiger partial charge in [-0.2, -0.15) is 0 Å². The summed E-state index contributed by atoms with van der Waals surface area (Å²) in [6.45, 7) is 2.45. The van der Waals surface area contributed by atoms with E-state index in [1.165, 1.54) is 12.1 Å². The van der Waals surface area contributed by atoms with E-state index in [0.717, 1.165) is 17.2 Å². The zero-order chi connectivity index (χ0) is 19.1. The number of anilines is 3. The smallest absolute Gasteiger partial charge is 0.229 e. The first kappa shape index (κ1) is 17.3. The first-order valence-corrected chi connectivity index (χ1v) is 8.89. The van der Waals surface area contributed by atoms with Crippen molar-refractivity contribution in [2.24, 2.45) is 5.92 Å². The minimum atomic E-state index is -0.501. The zero-order valence-corrected chi connectivity index (χ0v) is 15.2. The molecule has 2 aliphatic heterocycles. The van der Waals surface area contributed by atoms with E-state index in [0.29, 0.717) is 12.1 Å². The number of carbonyl (C=O) groups excluding carboxylic acids is 2. The lowest BCUT2D eigenvalue weighted by molar-refractivity contribution is -0.121. The standard InChI is InChI=1S/C21H20FN3O2/c1-13-12-25-18-10-6-5-9-17(18)24(2)21(25)14(20(13)27)11-19(26)23-16-8-4-3-7-15(16)22/h3-10,13H,11-12H2,1-2H3,(H,23,26). The van der Waals surface area contributed by atoms with Gasteiger partial charge in [-0.1, -0.05) is 31.2 Å². The Morgan fingerprint density at radius 1 is 1.15 bits per heavy atom. The fourth-order valence-electron chi connectivity index (χ4n) is 3.78. The molecule has 0 bridgehead atoms. The van der Waals surface area contributed by atoms with E-state index in [1.807, 2.05) is 43.1 Å². The van der Waals surface area contributed by atoms with Crippen molar-refractivity contribution in [3.05, 3.63) is 65.7 Å². The highest BCUT2D eigenvalue weighted by molar-refractivity contribution is 6.08. The molecule has 0 saturated heterocycles. The molecule has 0 spiro atoms. The van der Waals surface area contributed by atoms with Crippen molar-refractivity contribution in [2.75, 3.05) is 28.7 Å². The topological polar surface area (TPSA) is 52.7 Å². The maximum absolute atomic E-state index is 13.8. The lowest BCUT2D eigenvalue weighted by Gasteiger charge is -2.33. The number of para-hydroxylation sites is 3. The van der Waals surface area contributed by atoms with Gasteiger partial charge in [0.05, 0.1) is 23.5 Å². The molecular formula is C21H20FN3O2. The summed E-state index contributed by atoms with van der Waals surface area (Å²) in [7, 11) is 1.90. The maximum atomic E-state index is 13.8. The average molecular weight is 365 g/mol. The molecule has 138 valence electrons. The van der Waals surface area contributed by atoms with Crippen LogP contribution in [0.4, 0.5) is 21.5 Å². The number of carbonyl (C=O) groups is 2. The normalized spacial score (nSPS) is 18.5. The third-order valence-electron chi connectivity index (χ3n) is 5.06. The monoisotopic (exact) mass is 365 g/mol. The molecule has 0 radical (unpaired) electrons. The first-order chi connectivity index (χ1) is 13.0. The summed E-state index contributed by atoms with van der Waals surface area (Å²) in [5, 5.41) is 2.57. The Bertz CT molecular complexity index is 969. The van der Waals surface area contributed by atoms with Crippen molar-refractivity contribution >= 4 is 28.8 Å². The number of ketones is 1. The van der Waals surface area contributed by atoms with Crippen molar-refractivity contribution in [1.82, 2.24) is 0 Å². The van der Waals surface area contributed by atoms with Gasteiger partial charge in [0, 0.05) is 25.1 Å². The lowest BCUT2D eigenvalue weighted by atomic mass is 9.92. The average Bonchev–Trinajstić information content (AvgIpc) is 2.93. The van der Waals surface area contributed by atoms with Gasteiger partial charge in [-0.25, -0.2) is 4.39 Å². The third kappa shape index (κ3) is 2.87. The number of nitrogens with one attached hydrogen (secondary N) is 1. The number of hydrogen-bond acceptors (Lipinski definition) is 4. The molecule has 1 amide bonds. The Labute approximate surface area is 157 Å². The number of hydrogen-bond donors (Lipinski definition) is 1. The van der Waals surface area contributed by atoms with Gasteiger partial charge >= 0.3 is 0 Å². The Morgan fingerprint density at radius 3 is 2.56 bits per heavy atom. The van der Waals surface area contributed by atoms with Crippen LogP contribution in [0, 0.1) is 11.7 Å². The molecule has 2 aromatic carbocycles. The van der Waals surface area contributed by atoms with Crippen LogP contribution in [0.2, 0.25) is 0 Å². The van der Waals surface area contributed by atoms with Crippen molar-refractivity contribution < 1.29 is 14.0 Å². The number of amides is 1. The Kier molecular flexibility index (Phi) is 4.18. The molecule has 0 fully saturated rings. The molecule has 6 heteroatoms. The molecule has 1 unspecified atom stereocenters. The second-order valence-corrected chi connectivity index (χ2v) is 6.93. The van der Waals surface area contributed by atoms with Gasteiger partial charge in [0.2, 0.25) is 5.91 Å². The highest BCUT2D eigenvalue weighted by Gasteiger charge is 2.40.